The topological polar surface area (TPSA) is 105 Å². The summed E-state index contributed by atoms with van der Waals surface area (Å²) in [5.74, 6) is -0.684. The quantitative estimate of drug-likeness (QED) is 0.210. The van der Waals surface area contributed by atoms with Crippen molar-refractivity contribution in [3.8, 4) is 34.0 Å². The van der Waals surface area contributed by atoms with Gasteiger partial charge in [0.1, 0.15) is 6.04 Å². The summed E-state index contributed by atoms with van der Waals surface area (Å²) in [4.78, 5) is 29.3. The predicted octanol–water partition coefficient (Wildman–Crippen LogP) is 7.10. The van der Waals surface area contributed by atoms with Crippen molar-refractivity contribution in [2.24, 2.45) is 0 Å². The first-order valence-corrected chi connectivity index (χ1v) is 13.8. The molecule has 2 N–H and O–H groups in total. The van der Waals surface area contributed by atoms with Crippen LogP contribution < -0.4 is 5.32 Å². The van der Waals surface area contributed by atoms with Crippen LogP contribution in [0, 0.1) is 6.92 Å². The number of carbonyl (C=O) groups is 2. The monoisotopic (exact) mass is 559 g/mol. The number of benzene rings is 4. The fourth-order valence-corrected chi connectivity index (χ4v) is 4.68. The van der Waals surface area contributed by atoms with Crippen molar-refractivity contribution in [3.05, 3.63) is 119 Å². The number of hydrogen-bond acceptors (Lipinski definition) is 5. The van der Waals surface area contributed by atoms with Crippen molar-refractivity contribution in [3.63, 3.8) is 0 Å². The molecule has 4 aromatic carbocycles. The zero-order valence-electron chi connectivity index (χ0n) is 24.1. The minimum atomic E-state index is -1.10. The average molecular weight is 560 g/mol. The molecular weight excluding hydrogens is 526 g/mol. The van der Waals surface area contributed by atoms with E-state index in [0.29, 0.717) is 17.3 Å². The van der Waals surface area contributed by atoms with Gasteiger partial charge in [-0.05, 0) is 58.9 Å². The Morgan fingerprint density at radius 2 is 1.48 bits per heavy atom. The molecule has 0 aliphatic heterocycles. The van der Waals surface area contributed by atoms with Crippen molar-refractivity contribution in [2.45, 2.75) is 45.6 Å². The Balaban J connectivity index is 1.24. The Hall–Kier alpha value is -5.04. The second kappa shape index (κ2) is 11.8. The molecule has 5 rings (SSSR count). The second-order valence-corrected chi connectivity index (χ2v) is 11.5. The van der Waals surface area contributed by atoms with Gasteiger partial charge in [-0.2, -0.15) is 4.98 Å². The van der Waals surface area contributed by atoms with Gasteiger partial charge in [-0.25, -0.2) is 4.79 Å². The molecule has 0 radical (unpaired) electrons. The third-order valence-electron chi connectivity index (χ3n) is 7.18. The van der Waals surface area contributed by atoms with Crippen molar-refractivity contribution in [1.82, 2.24) is 15.5 Å². The summed E-state index contributed by atoms with van der Waals surface area (Å²) >= 11 is 0. The molecule has 0 saturated carbocycles. The van der Waals surface area contributed by atoms with Crippen molar-refractivity contribution >= 4 is 11.9 Å². The second-order valence-electron chi connectivity index (χ2n) is 11.5. The first-order chi connectivity index (χ1) is 20.1. The summed E-state index contributed by atoms with van der Waals surface area (Å²) in [5, 5.41) is 16.5. The minimum absolute atomic E-state index is 0.0404. The van der Waals surface area contributed by atoms with Gasteiger partial charge in [0.15, 0.2) is 0 Å². The number of carboxylic acids is 1. The molecule has 0 aliphatic carbocycles. The number of nitrogens with one attached hydrogen (secondary N) is 1. The number of hydrogen-bond donors (Lipinski definition) is 2. The fourth-order valence-electron chi connectivity index (χ4n) is 4.68. The third kappa shape index (κ3) is 6.63. The lowest BCUT2D eigenvalue weighted by molar-refractivity contribution is -0.139. The Bertz CT molecular complexity index is 1700. The summed E-state index contributed by atoms with van der Waals surface area (Å²) in [6.45, 7) is 8.35. The Kier molecular flexibility index (Phi) is 8.02. The predicted molar refractivity (Wildman–Crippen MR) is 163 cm³/mol. The number of amides is 1. The van der Waals surface area contributed by atoms with Crippen LogP contribution in [0.2, 0.25) is 0 Å². The molecule has 0 spiro atoms. The molecule has 42 heavy (non-hydrogen) atoms. The number of carboxylic acid groups (broad SMARTS) is 1. The highest BCUT2D eigenvalue weighted by Crippen LogP contribution is 2.27. The van der Waals surface area contributed by atoms with Gasteiger partial charge in [0.2, 0.25) is 5.82 Å². The minimum Gasteiger partial charge on any atom is -0.480 e. The van der Waals surface area contributed by atoms with Crippen LogP contribution in [0.25, 0.3) is 34.0 Å². The van der Waals surface area contributed by atoms with E-state index in [1.807, 2.05) is 66.7 Å². The van der Waals surface area contributed by atoms with Gasteiger partial charge >= 0.3 is 5.97 Å². The Labute approximate surface area is 245 Å². The zero-order valence-corrected chi connectivity index (χ0v) is 24.1. The smallest absolute Gasteiger partial charge is 0.326 e. The van der Waals surface area contributed by atoms with E-state index in [1.165, 1.54) is 5.56 Å². The maximum atomic E-state index is 12.8. The number of aliphatic carboxylic acids is 1. The number of carbonyl (C=O) groups excluding carboxylic acids is 1. The molecule has 7 heteroatoms. The standard InChI is InChI=1S/C35H33N3O4/c1-22-6-5-7-28(20-22)24-12-14-27(15-13-24)33-37-31(38-42-33)25-10-8-23(9-11-25)21-30(34(40)41)36-32(39)26-16-18-29(19-17-26)35(2,3)4/h5-20,30H,21H2,1-4H3,(H,36,39)(H,40,41)/t30-/m0/s1. The molecule has 0 unspecified atom stereocenters. The fraction of sp³-hybridized carbons (Fsp3) is 0.200. The normalized spacial score (nSPS) is 12.1. The van der Waals surface area contributed by atoms with E-state index in [0.717, 1.165) is 33.4 Å². The summed E-state index contributed by atoms with van der Waals surface area (Å²) in [5.41, 5.74) is 7.23. The van der Waals surface area contributed by atoms with E-state index in [9.17, 15) is 14.7 Å². The lowest BCUT2D eigenvalue weighted by Gasteiger charge is -2.19. The Morgan fingerprint density at radius 3 is 2.10 bits per heavy atom. The van der Waals surface area contributed by atoms with E-state index in [2.05, 4.69) is 61.4 Å². The third-order valence-corrected chi connectivity index (χ3v) is 7.18. The van der Waals surface area contributed by atoms with Crippen molar-refractivity contribution in [1.29, 1.82) is 0 Å². The van der Waals surface area contributed by atoms with Gasteiger partial charge < -0.3 is 14.9 Å². The maximum Gasteiger partial charge on any atom is 0.326 e. The van der Waals surface area contributed by atoms with Gasteiger partial charge in [-0.15, -0.1) is 0 Å². The van der Waals surface area contributed by atoms with Crippen LogP contribution in [-0.4, -0.2) is 33.2 Å². The van der Waals surface area contributed by atoms with Crippen LogP contribution in [0.15, 0.2) is 102 Å². The average Bonchev–Trinajstić information content (AvgIpc) is 3.47. The largest absolute Gasteiger partial charge is 0.480 e. The van der Waals surface area contributed by atoms with Gasteiger partial charge in [0, 0.05) is 23.1 Å². The summed E-state index contributed by atoms with van der Waals surface area (Å²) in [7, 11) is 0. The number of rotatable bonds is 8. The lowest BCUT2D eigenvalue weighted by atomic mass is 9.86. The molecule has 7 nitrogen and oxygen atoms in total. The van der Waals surface area contributed by atoms with Crippen LogP contribution in [0.5, 0.6) is 0 Å². The first-order valence-electron chi connectivity index (χ1n) is 13.8. The molecule has 1 heterocycles. The van der Waals surface area contributed by atoms with Gasteiger partial charge in [0.25, 0.3) is 11.8 Å². The number of aryl methyl sites for hydroxylation is 1. The zero-order chi connectivity index (χ0) is 29.9. The van der Waals surface area contributed by atoms with Gasteiger partial charge in [-0.3, -0.25) is 4.79 Å². The van der Waals surface area contributed by atoms with E-state index >= 15 is 0 Å². The highest BCUT2D eigenvalue weighted by Gasteiger charge is 2.22. The van der Waals surface area contributed by atoms with Gasteiger partial charge in [0.05, 0.1) is 0 Å². The van der Waals surface area contributed by atoms with Crippen LogP contribution >= 0.6 is 0 Å². The molecule has 0 fully saturated rings. The van der Waals surface area contributed by atoms with E-state index < -0.39 is 17.9 Å². The SMILES string of the molecule is Cc1cccc(-c2ccc(-c3nc(-c4ccc(C[C@H](NC(=O)c5ccc(C(C)(C)C)cc5)C(=O)O)cc4)no3)cc2)c1. The highest BCUT2D eigenvalue weighted by atomic mass is 16.5. The van der Waals surface area contributed by atoms with E-state index in [-0.39, 0.29) is 11.8 Å². The van der Waals surface area contributed by atoms with Crippen molar-refractivity contribution < 1.29 is 19.2 Å². The maximum absolute atomic E-state index is 12.8. The van der Waals surface area contributed by atoms with E-state index in [1.54, 1.807) is 12.1 Å². The number of nitrogens with zero attached hydrogens (tertiary/aromatic N) is 2. The molecule has 1 amide bonds. The lowest BCUT2D eigenvalue weighted by Crippen LogP contribution is -2.42. The summed E-state index contributed by atoms with van der Waals surface area (Å²) in [6, 6.07) is 29.7. The molecule has 1 atom stereocenters. The summed E-state index contributed by atoms with van der Waals surface area (Å²) in [6.07, 6.45) is 0.131. The summed E-state index contributed by atoms with van der Waals surface area (Å²) < 4.78 is 5.52. The molecule has 1 aromatic heterocycles. The molecule has 5 aromatic rings. The Morgan fingerprint density at radius 1 is 0.833 bits per heavy atom. The van der Waals surface area contributed by atoms with Crippen LogP contribution in [0.1, 0.15) is 47.8 Å². The van der Waals surface area contributed by atoms with E-state index in [4.69, 9.17) is 4.52 Å². The van der Waals surface area contributed by atoms with Crippen LogP contribution in [0.4, 0.5) is 0 Å². The number of aromatic nitrogens is 2. The molecule has 0 saturated heterocycles. The first kappa shape index (κ1) is 28.5. The molecule has 0 bridgehead atoms. The highest BCUT2D eigenvalue weighted by molar-refractivity contribution is 5.96. The van der Waals surface area contributed by atoms with Crippen LogP contribution in [0.3, 0.4) is 0 Å². The van der Waals surface area contributed by atoms with Gasteiger partial charge in [-0.1, -0.05) is 104 Å². The van der Waals surface area contributed by atoms with Crippen molar-refractivity contribution in [2.75, 3.05) is 0 Å². The molecule has 0 aliphatic rings. The van der Waals surface area contributed by atoms with Crippen LogP contribution in [-0.2, 0) is 16.6 Å². The molecule has 212 valence electrons. The molecular formula is C35H33N3O4.